The molecule has 2 aromatic carbocycles. The average Bonchev–Trinajstić information content (AvgIpc) is 2.74. The van der Waals surface area contributed by atoms with Crippen LogP contribution in [0.25, 0.3) is 5.69 Å². The molecule has 6 nitrogen and oxygen atoms in total. The Balaban J connectivity index is 1.77. The number of hydrogen-bond acceptors (Lipinski definition) is 6. The summed E-state index contributed by atoms with van der Waals surface area (Å²) in [6.45, 7) is 1.81. The fraction of sp³-hybridized carbons (Fsp3) is 0.273. The van der Waals surface area contributed by atoms with Crippen molar-refractivity contribution in [2.75, 3.05) is 19.5 Å². The molecule has 1 N–H and O–H groups in total. The van der Waals surface area contributed by atoms with Gasteiger partial charge in [0.2, 0.25) is 0 Å². The van der Waals surface area contributed by atoms with Crippen LogP contribution in [0.2, 0.25) is 0 Å². The van der Waals surface area contributed by atoms with Crippen LogP contribution in [0.15, 0.2) is 70.7 Å². The van der Waals surface area contributed by atoms with Crippen molar-refractivity contribution in [2.24, 2.45) is 0 Å². The minimum Gasteiger partial charge on any atom is -0.493 e. The minimum absolute atomic E-state index is 0.160. The topological polar surface area (TPSA) is 73.6 Å². The Bertz CT molecular complexity index is 990. The molecule has 1 atom stereocenters. The number of methoxy groups -OCH3 is 1. The van der Waals surface area contributed by atoms with Gasteiger partial charge in [-0.2, -0.15) is 0 Å². The first-order valence-electron chi connectivity index (χ1n) is 9.32. The molecule has 0 aliphatic carbocycles. The van der Waals surface area contributed by atoms with Crippen molar-refractivity contribution in [2.45, 2.75) is 24.5 Å². The van der Waals surface area contributed by atoms with Crippen LogP contribution in [-0.2, 0) is 6.42 Å². The van der Waals surface area contributed by atoms with E-state index in [0.29, 0.717) is 22.2 Å². The molecule has 3 aromatic rings. The number of hydrogen-bond donors (Lipinski definition) is 1. The SMILES string of the molecule is COc1cc(-n2ccnc(SCCc3ccccc3)c2=O)ccc1OC[C@@H](C)O. The molecule has 0 radical (unpaired) electrons. The van der Waals surface area contributed by atoms with Crippen LogP contribution in [0, 0.1) is 0 Å². The van der Waals surface area contributed by atoms with Crippen LogP contribution in [-0.4, -0.2) is 40.2 Å². The third kappa shape index (κ3) is 5.62. The van der Waals surface area contributed by atoms with Gasteiger partial charge in [0.15, 0.2) is 16.5 Å². The number of ether oxygens (including phenoxy) is 2. The molecule has 1 aromatic heterocycles. The highest BCUT2D eigenvalue weighted by Gasteiger charge is 2.11. The maximum absolute atomic E-state index is 12.9. The molecule has 1 heterocycles. The predicted molar refractivity (Wildman–Crippen MR) is 114 cm³/mol. The number of aliphatic hydroxyl groups excluding tert-OH is 1. The number of benzene rings is 2. The summed E-state index contributed by atoms with van der Waals surface area (Å²) in [6.07, 6.45) is 3.54. The number of rotatable bonds is 9. The highest BCUT2D eigenvalue weighted by atomic mass is 32.2. The largest absolute Gasteiger partial charge is 0.493 e. The number of aliphatic hydroxyl groups is 1. The van der Waals surface area contributed by atoms with Crippen molar-refractivity contribution in [1.82, 2.24) is 9.55 Å². The molecule has 152 valence electrons. The van der Waals surface area contributed by atoms with E-state index < -0.39 is 6.10 Å². The molecule has 3 rings (SSSR count). The van der Waals surface area contributed by atoms with Gasteiger partial charge in [-0.15, -0.1) is 11.8 Å². The first-order valence-corrected chi connectivity index (χ1v) is 10.3. The molecule has 0 spiro atoms. The van der Waals surface area contributed by atoms with Gasteiger partial charge in [0.25, 0.3) is 5.56 Å². The fourth-order valence-electron chi connectivity index (χ4n) is 2.74. The number of thioether (sulfide) groups is 1. The van der Waals surface area contributed by atoms with E-state index in [1.807, 2.05) is 18.2 Å². The van der Waals surface area contributed by atoms with Gasteiger partial charge in [-0.1, -0.05) is 30.3 Å². The zero-order valence-electron chi connectivity index (χ0n) is 16.4. The Labute approximate surface area is 174 Å². The molecule has 29 heavy (non-hydrogen) atoms. The molecule has 0 bridgehead atoms. The number of aromatic nitrogens is 2. The Morgan fingerprint density at radius 2 is 1.97 bits per heavy atom. The van der Waals surface area contributed by atoms with Gasteiger partial charge in [0, 0.05) is 24.2 Å². The van der Waals surface area contributed by atoms with Crippen LogP contribution in [0.3, 0.4) is 0 Å². The molecule has 0 aliphatic heterocycles. The van der Waals surface area contributed by atoms with E-state index in [1.54, 1.807) is 42.1 Å². The zero-order chi connectivity index (χ0) is 20.6. The molecule has 0 unspecified atom stereocenters. The normalized spacial score (nSPS) is 11.8. The Morgan fingerprint density at radius 1 is 1.17 bits per heavy atom. The second kappa shape index (κ2) is 10.1. The second-order valence-electron chi connectivity index (χ2n) is 6.49. The summed E-state index contributed by atoms with van der Waals surface area (Å²) in [7, 11) is 1.54. The first kappa shape index (κ1) is 21.0. The predicted octanol–water partition coefficient (Wildman–Crippen LogP) is 3.34. The summed E-state index contributed by atoms with van der Waals surface area (Å²) in [5.41, 5.74) is 1.71. The van der Waals surface area contributed by atoms with Crippen molar-refractivity contribution < 1.29 is 14.6 Å². The highest BCUT2D eigenvalue weighted by Crippen LogP contribution is 2.29. The van der Waals surface area contributed by atoms with Gasteiger partial charge >= 0.3 is 0 Å². The van der Waals surface area contributed by atoms with E-state index in [9.17, 15) is 9.90 Å². The number of aryl methyl sites for hydroxylation is 1. The summed E-state index contributed by atoms with van der Waals surface area (Å²) in [5, 5.41) is 9.86. The summed E-state index contributed by atoms with van der Waals surface area (Å²) in [5.74, 6) is 1.77. The van der Waals surface area contributed by atoms with Crippen LogP contribution in [0.5, 0.6) is 11.5 Å². The lowest BCUT2D eigenvalue weighted by molar-refractivity contribution is 0.120. The average molecular weight is 413 g/mol. The van der Waals surface area contributed by atoms with Gasteiger partial charge in [0.1, 0.15) is 6.61 Å². The van der Waals surface area contributed by atoms with Gasteiger partial charge in [-0.3, -0.25) is 9.36 Å². The Hall–Kier alpha value is -2.77. The van der Waals surface area contributed by atoms with Crippen LogP contribution >= 0.6 is 11.8 Å². The van der Waals surface area contributed by atoms with Crippen molar-refractivity contribution in [3.63, 3.8) is 0 Å². The number of nitrogens with zero attached hydrogens (tertiary/aromatic N) is 2. The van der Waals surface area contributed by atoms with E-state index in [0.717, 1.165) is 12.2 Å². The quantitative estimate of drug-likeness (QED) is 0.544. The van der Waals surface area contributed by atoms with Crippen molar-refractivity contribution >= 4 is 11.8 Å². The lowest BCUT2D eigenvalue weighted by Gasteiger charge is -2.14. The van der Waals surface area contributed by atoms with E-state index in [4.69, 9.17) is 9.47 Å². The first-order chi connectivity index (χ1) is 14.1. The molecule has 7 heteroatoms. The maximum atomic E-state index is 12.9. The Kier molecular flexibility index (Phi) is 7.32. The summed E-state index contributed by atoms with van der Waals surface area (Å²) >= 11 is 1.45. The van der Waals surface area contributed by atoms with Gasteiger partial charge in [0.05, 0.1) is 18.9 Å². The third-order valence-electron chi connectivity index (χ3n) is 4.19. The van der Waals surface area contributed by atoms with E-state index in [-0.39, 0.29) is 12.2 Å². The molecular weight excluding hydrogens is 388 g/mol. The van der Waals surface area contributed by atoms with Gasteiger partial charge in [-0.25, -0.2) is 4.98 Å². The van der Waals surface area contributed by atoms with Crippen LogP contribution in [0.4, 0.5) is 0 Å². The summed E-state index contributed by atoms with van der Waals surface area (Å²) < 4.78 is 12.5. The van der Waals surface area contributed by atoms with Gasteiger partial charge in [-0.05, 0) is 31.0 Å². The summed E-state index contributed by atoms with van der Waals surface area (Å²) in [4.78, 5) is 17.1. The molecule has 0 amide bonds. The fourth-order valence-corrected chi connectivity index (χ4v) is 3.63. The molecule has 0 saturated heterocycles. The third-order valence-corrected chi connectivity index (χ3v) is 5.15. The van der Waals surface area contributed by atoms with Crippen molar-refractivity contribution in [3.8, 4) is 17.2 Å². The van der Waals surface area contributed by atoms with Crippen molar-refractivity contribution in [1.29, 1.82) is 0 Å². The van der Waals surface area contributed by atoms with Crippen LogP contribution in [0.1, 0.15) is 12.5 Å². The van der Waals surface area contributed by atoms with Crippen LogP contribution < -0.4 is 15.0 Å². The van der Waals surface area contributed by atoms with E-state index in [2.05, 4.69) is 17.1 Å². The summed E-state index contributed by atoms with van der Waals surface area (Å²) in [6, 6.07) is 15.4. The van der Waals surface area contributed by atoms with Crippen molar-refractivity contribution in [3.05, 3.63) is 76.8 Å². The second-order valence-corrected chi connectivity index (χ2v) is 7.57. The molecule has 0 aliphatic rings. The van der Waals surface area contributed by atoms with E-state index in [1.165, 1.54) is 24.4 Å². The smallest absolute Gasteiger partial charge is 0.287 e. The molecule has 0 saturated carbocycles. The van der Waals surface area contributed by atoms with E-state index >= 15 is 0 Å². The Morgan fingerprint density at radius 3 is 2.69 bits per heavy atom. The standard InChI is InChI=1S/C22H24N2O4S/c1-16(25)15-28-19-9-8-18(14-20(19)27-2)24-12-11-23-21(22(24)26)29-13-10-17-6-4-3-5-7-17/h3-9,11-12,14,16,25H,10,13,15H2,1-2H3/t16-/m1/s1. The maximum Gasteiger partial charge on any atom is 0.287 e. The molecule has 0 fully saturated rings. The highest BCUT2D eigenvalue weighted by molar-refractivity contribution is 7.99. The van der Waals surface area contributed by atoms with Gasteiger partial charge < -0.3 is 14.6 Å². The zero-order valence-corrected chi connectivity index (χ0v) is 17.3. The molecular formula is C22H24N2O4S. The minimum atomic E-state index is -0.585. The lowest BCUT2D eigenvalue weighted by atomic mass is 10.2. The lowest BCUT2D eigenvalue weighted by Crippen LogP contribution is -2.20. The monoisotopic (exact) mass is 412 g/mol.